The van der Waals surface area contributed by atoms with Gasteiger partial charge in [-0.3, -0.25) is 0 Å². The first kappa shape index (κ1) is 21.2. The molecule has 0 spiro atoms. The summed E-state index contributed by atoms with van der Waals surface area (Å²) in [6.07, 6.45) is 19.3. The highest BCUT2D eigenvalue weighted by molar-refractivity contribution is 9.09. The largest absolute Gasteiger partial charge is 0.0887 e. The molecule has 0 amide bonds. The van der Waals surface area contributed by atoms with Gasteiger partial charge in [0.1, 0.15) is 0 Å². The first-order chi connectivity index (χ1) is 13.3. The van der Waals surface area contributed by atoms with E-state index in [2.05, 4.69) is 62.7 Å². The number of rotatable bonds is 5. The van der Waals surface area contributed by atoms with Crippen molar-refractivity contribution in [2.24, 2.45) is 40.4 Å². The molecule has 4 rings (SSSR count). The van der Waals surface area contributed by atoms with Crippen molar-refractivity contribution in [1.29, 1.82) is 0 Å². The minimum Gasteiger partial charge on any atom is -0.0887 e. The standard InChI is InChI=1S/C27H43Br/c1-18(2)7-6-8-19(3)23-11-12-24-22-10-9-20-17-21(28)13-15-26(20,4)25(22)14-16-27(23,24)5/h9-10,18-19,21,23-25H,6-8,11-17H2,1-5H3/t19-,21?,23-,24+,25+,26+,27-/m1/s1. The van der Waals surface area contributed by atoms with E-state index in [4.69, 9.17) is 0 Å². The van der Waals surface area contributed by atoms with Gasteiger partial charge >= 0.3 is 0 Å². The predicted octanol–water partition coefficient (Wildman–Crippen LogP) is 8.71. The molecule has 4 aliphatic carbocycles. The summed E-state index contributed by atoms with van der Waals surface area (Å²) in [6, 6.07) is 0. The van der Waals surface area contributed by atoms with Crippen LogP contribution >= 0.6 is 15.9 Å². The zero-order chi connectivity index (χ0) is 20.1. The Labute approximate surface area is 183 Å². The van der Waals surface area contributed by atoms with Gasteiger partial charge in [-0.05, 0) is 85.4 Å². The van der Waals surface area contributed by atoms with Crippen LogP contribution < -0.4 is 0 Å². The summed E-state index contributed by atoms with van der Waals surface area (Å²) in [7, 11) is 0. The first-order valence-electron chi connectivity index (χ1n) is 12.3. The minimum absolute atomic E-state index is 0.455. The van der Waals surface area contributed by atoms with Gasteiger partial charge in [0, 0.05) is 4.83 Å². The lowest BCUT2D eigenvalue weighted by Crippen LogP contribution is -2.46. The summed E-state index contributed by atoms with van der Waals surface area (Å²) >= 11 is 3.91. The molecular formula is C27H43Br. The Bertz CT molecular complexity index is 643. The van der Waals surface area contributed by atoms with Crippen LogP contribution in [0.1, 0.15) is 98.8 Å². The van der Waals surface area contributed by atoms with Crippen molar-refractivity contribution in [2.45, 2.75) is 104 Å². The normalized spacial score (nSPS) is 43.7. The monoisotopic (exact) mass is 446 g/mol. The number of fused-ring (bicyclic) bond motifs is 5. The molecule has 0 saturated heterocycles. The highest BCUT2D eigenvalue weighted by atomic mass is 79.9. The molecule has 0 aromatic rings. The second-order valence-electron chi connectivity index (χ2n) is 11.8. The van der Waals surface area contributed by atoms with E-state index >= 15 is 0 Å². The number of alkyl halides is 1. The lowest BCUT2D eigenvalue weighted by molar-refractivity contribution is 0.0481. The topological polar surface area (TPSA) is 0 Å². The van der Waals surface area contributed by atoms with Gasteiger partial charge in [-0.15, -0.1) is 0 Å². The van der Waals surface area contributed by atoms with Crippen molar-refractivity contribution in [1.82, 2.24) is 0 Å². The molecule has 0 aromatic carbocycles. The van der Waals surface area contributed by atoms with E-state index in [1.165, 1.54) is 64.2 Å². The molecule has 0 nitrogen and oxygen atoms in total. The molecule has 0 radical (unpaired) electrons. The maximum absolute atomic E-state index is 3.91. The lowest BCUT2D eigenvalue weighted by Gasteiger charge is -2.55. The molecule has 28 heavy (non-hydrogen) atoms. The van der Waals surface area contributed by atoms with Crippen LogP contribution in [0, 0.1) is 40.4 Å². The number of hydrogen-bond donors (Lipinski definition) is 0. The van der Waals surface area contributed by atoms with Gasteiger partial charge in [-0.25, -0.2) is 0 Å². The second kappa shape index (κ2) is 7.90. The predicted molar refractivity (Wildman–Crippen MR) is 126 cm³/mol. The van der Waals surface area contributed by atoms with Gasteiger partial charge in [0.2, 0.25) is 0 Å². The van der Waals surface area contributed by atoms with E-state index in [9.17, 15) is 0 Å². The Morgan fingerprint density at radius 3 is 2.50 bits per heavy atom. The molecule has 158 valence electrons. The molecule has 7 atom stereocenters. The molecule has 0 bridgehead atoms. The Kier molecular flexibility index (Phi) is 5.98. The lowest BCUT2D eigenvalue weighted by atomic mass is 9.50. The third-order valence-electron chi connectivity index (χ3n) is 9.71. The number of halogens is 1. The minimum atomic E-state index is 0.455. The van der Waals surface area contributed by atoms with Gasteiger partial charge < -0.3 is 0 Å². The van der Waals surface area contributed by atoms with Gasteiger partial charge in [0.05, 0.1) is 0 Å². The third-order valence-corrected chi connectivity index (χ3v) is 10.5. The first-order valence-corrected chi connectivity index (χ1v) is 13.2. The molecule has 0 N–H and O–H groups in total. The van der Waals surface area contributed by atoms with E-state index in [0.717, 1.165) is 29.6 Å². The van der Waals surface area contributed by atoms with Crippen LogP contribution in [-0.2, 0) is 0 Å². The van der Waals surface area contributed by atoms with Crippen molar-refractivity contribution in [2.75, 3.05) is 0 Å². The Balaban J connectivity index is 1.53. The molecule has 1 heteroatoms. The molecule has 4 aliphatic rings. The van der Waals surface area contributed by atoms with Gasteiger partial charge in [-0.2, -0.15) is 0 Å². The number of hydrogen-bond acceptors (Lipinski definition) is 0. The van der Waals surface area contributed by atoms with Crippen LogP contribution in [-0.4, -0.2) is 4.83 Å². The van der Waals surface area contributed by atoms with Crippen LogP contribution in [0.4, 0.5) is 0 Å². The highest BCUT2D eigenvalue weighted by Gasteiger charge is 2.56. The fourth-order valence-corrected chi connectivity index (χ4v) is 8.56. The van der Waals surface area contributed by atoms with E-state index in [1.54, 1.807) is 5.57 Å². The van der Waals surface area contributed by atoms with Gasteiger partial charge in [-0.1, -0.05) is 93.1 Å². The van der Waals surface area contributed by atoms with E-state index in [0.29, 0.717) is 15.7 Å². The SMILES string of the molecule is CC(C)CCC[C@@H](C)[C@H]1CC[C@H]2C3=CC=C4CC(Br)CC[C@]4(C)[C@H]3CC[C@]12C. The highest BCUT2D eigenvalue weighted by Crippen LogP contribution is 2.66. The molecule has 0 aliphatic heterocycles. The van der Waals surface area contributed by atoms with Crippen LogP contribution in [0.2, 0.25) is 0 Å². The quantitative estimate of drug-likeness (QED) is 0.370. The van der Waals surface area contributed by atoms with Crippen molar-refractivity contribution in [3.05, 3.63) is 23.3 Å². The van der Waals surface area contributed by atoms with Crippen LogP contribution in [0.5, 0.6) is 0 Å². The van der Waals surface area contributed by atoms with Crippen LogP contribution in [0.3, 0.4) is 0 Å². The molecule has 0 heterocycles. The zero-order valence-corrected chi connectivity index (χ0v) is 20.7. The zero-order valence-electron chi connectivity index (χ0n) is 19.1. The molecule has 3 fully saturated rings. The summed E-state index contributed by atoms with van der Waals surface area (Å²) in [5.74, 6) is 4.40. The summed E-state index contributed by atoms with van der Waals surface area (Å²) in [5, 5.41) is 0. The fraction of sp³-hybridized carbons (Fsp3) is 0.852. The maximum atomic E-state index is 3.91. The van der Waals surface area contributed by atoms with E-state index < -0.39 is 0 Å². The van der Waals surface area contributed by atoms with Gasteiger partial charge in [0.25, 0.3) is 0 Å². The second-order valence-corrected chi connectivity index (χ2v) is 13.0. The van der Waals surface area contributed by atoms with Gasteiger partial charge in [0.15, 0.2) is 0 Å². The molecular weight excluding hydrogens is 404 g/mol. The summed E-state index contributed by atoms with van der Waals surface area (Å²) in [4.78, 5) is 0.707. The maximum Gasteiger partial charge on any atom is 0.0183 e. The Morgan fingerprint density at radius 1 is 0.964 bits per heavy atom. The smallest absolute Gasteiger partial charge is 0.0183 e. The average Bonchev–Trinajstić information content (AvgIpc) is 2.99. The summed E-state index contributed by atoms with van der Waals surface area (Å²) < 4.78 is 0. The summed E-state index contributed by atoms with van der Waals surface area (Å²) in [6.45, 7) is 12.6. The Morgan fingerprint density at radius 2 is 1.75 bits per heavy atom. The Hall–Kier alpha value is -0.0400. The molecule has 0 aromatic heterocycles. The van der Waals surface area contributed by atoms with E-state index in [-0.39, 0.29) is 0 Å². The molecule has 1 unspecified atom stereocenters. The summed E-state index contributed by atoms with van der Waals surface area (Å²) in [5.41, 5.74) is 4.63. The van der Waals surface area contributed by atoms with Crippen LogP contribution in [0.15, 0.2) is 23.3 Å². The average molecular weight is 448 g/mol. The van der Waals surface area contributed by atoms with Crippen molar-refractivity contribution in [3.63, 3.8) is 0 Å². The van der Waals surface area contributed by atoms with E-state index in [1.807, 2.05) is 5.57 Å². The van der Waals surface area contributed by atoms with Crippen molar-refractivity contribution < 1.29 is 0 Å². The van der Waals surface area contributed by atoms with Crippen molar-refractivity contribution in [3.8, 4) is 0 Å². The van der Waals surface area contributed by atoms with Crippen LogP contribution in [0.25, 0.3) is 0 Å². The van der Waals surface area contributed by atoms with Crippen molar-refractivity contribution >= 4 is 15.9 Å². The number of allylic oxidation sites excluding steroid dienone is 4. The third kappa shape index (κ3) is 3.50. The molecule has 3 saturated carbocycles. The fourth-order valence-electron chi connectivity index (χ4n) is 7.98.